The van der Waals surface area contributed by atoms with Crippen LogP contribution in [0.15, 0.2) is 5.38 Å². The average molecular weight is 343 g/mol. The van der Waals surface area contributed by atoms with Gasteiger partial charge in [0.15, 0.2) is 0 Å². The van der Waals surface area contributed by atoms with Crippen LogP contribution in [0.4, 0.5) is 0 Å². The van der Waals surface area contributed by atoms with Gasteiger partial charge in [-0.15, -0.1) is 11.3 Å². The second-order valence-corrected chi connectivity index (χ2v) is 7.78. The predicted molar refractivity (Wildman–Crippen MR) is 94.7 cm³/mol. The van der Waals surface area contributed by atoms with E-state index in [-0.39, 0.29) is 11.9 Å². The molecule has 1 aliphatic rings. The highest BCUT2D eigenvalue weighted by Crippen LogP contribution is 2.22. The van der Waals surface area contributed by atoms with Gasteiger partial charge in [0.05, 0.1) is 6.04 Å². The van der Waals surface area contributed by atoms with Crippen LogP contribution in [-0.2, 0) is 0 Å². The molecule has 1 saturated heterocycles. The van der Waals surface area contributed by atoms with Crippen molar-refractivity contribution in [3.63, 3.8) is 0 Å². The van der Waals surface area contributed by atoms with Crippen molar-refractivity contribution in [3.8, 4) is 0 Å². The number of amides is 1. The highest BCUT2D eigenvalue weighted by molar-refractivity contribution is 7.98. The molecule has 0 aliphatic carbocycles. The summed E-state index contributed by atoms with van der Waals surface area (Å²) in [4.78, 5) is 21.2. The molecular weight excluding hydrogens is 316 g/mol. The van der Waals surface area contributed by atoms with E-state index in [1.165, 1.54) is 11.3 Å². The van der Waals surface area contributed by atoms with E-state index in [9.17, 15) is 4.79 Å². The lowest BCUT2D eigenvalue weighted by atomic mass is 10.0. The fourth-order valence-electron chi connectivity index (χ4n) is 2.65. The molecule has 1 fully saturated rings. The second kappa shape index (κ2) is 8.29. The number of likely N-dealkylation sites (tertiary alicyclic amines) is 1. The van der Waals surface area contributed by atoms with Gasteiger partial charge in [-0.05, 0) is 51.4 Å². The fraction of sp³-hybridized carbons (Fsp3) is 0.733. The predicted octanol–water partition coefficient (Wildman–Crippen LogP) is 2.06. The molecule has 1 aliphatic heterocycles. The Morgan fingerprint density at radius 1 is 1.59 bits per heavy atom. The first-order valence-corrected chi connectivity index (χ1v) is 9.96. The van der Waals surface area contributed by atoms with Crippen LogP contribution >= 0.6 is 23.1 Å². The lowest BCUT2D eigenvalue weighted by Crippen LogP contribution is -2.44. The molecule has 22 heavy (non-hydrogen) atoms. The van der Waals surface area contributed by atoms with Gasteiger partial charge in [0.25, 0.3) is 5.91 Å². The molecule has 0 radical (unpaired) electrons. The van der Waals surface area contributed by atoms with Gasteiger partial charge in [-0.3, -0.25) is 4.79 Å². The van der Waals surface area contributed by atoms with Crippen LogP contribution in [0.3, 0.4) is 0 Å². The van der Waals surface area contributed by atoms with Gasteiger partial charge < -0.3 is 15.5 Å². The zero-order valence-electron chi connectivity index (χ0n) is 13.6. The number of rotatable bonds is 6. The summed E-state index contributed by atoms with van der Waals surface area (Å²) >= 11 is 3.28. The number of piperidine rings is 1. The molecule has 2 rings (SSSR count). The Morgan fingerprint density at radius 2 is 2.27 bits per heavy atom. The van der Waals surface area contributed by atoms with E-state index in [0.29, 0.717) is 11.7 Å². The van der Waals surface area contributed by atoms with E-state index in [2.05, 4.69) is 23.2 Å². The van der Waals surface area contributed by atoms with Gasteiger partial charge >= 0.3 is 0 Å². The number of hydrogen-bond acceptors (Lipinski definition) is 6. The van der Waals surface area contributed by atoms with E-state index >= 15 is 0 Å². The number of aromatic nitrogens is 1. The third-order valence-electron chi connectivity index (χ3n) is 4.25. The molecule has 1 aromatic heterocycles. The lowest BCUT2D eigenvalue weighted by molar-refractivity contribution is 0.0654. The zero-order chi connectivity index (χ0) is 16.1. The van der Waals surface area contributed by atoms with Crippen LogP contribution in [0.25, 0.3) is 0 Å². The zero-order valence-corrected chi connectivity index (χ0v) is 15.3. The maximum Gasteiger partial charge on any atom is 0.273 e. The van der Waals surface area contributed by atoms with E-state index in [1.54, 1.807) is 11.8 Å². The van der Waals surface area contributed by atoms with Gasteiger partial charge in [0.1, 0.15) is 10.7 Å². The first-order valence-electron chi connectivity index (χ1n) is 7.68. The minimum atomic E-state index is -0.0624. The molecule has 0 aromatic carbocycles. The minimum absolute atomic E-state index is 0.0223. The van der Waals surface area contributed by atoms with E-state index in [1.807, 2.05) is 17.3 Å². The van der Waals surface area contributed by atoms with Gasteiger partial charge in [0, 0.05) is 18.5 Å². The largest absolute Gasteiger partial charge is 0.337 e. The molecule has 5 nitrogen and oxygen atoms in total. The Kier molecular flexibility index (Phi) is 6.67. The first-order chi connectivity index (χ1) is 10.5. The molecular formula is C15H26N4OS2. The third kappa shape index (κ3) is 4.44. The quantitative estimate of drug-likeness (QED) is 0.857. The van der Waals surface area contributed by atoms with Gasteiger partial charge in [0.2, 0.25) is 0 Å². The summed E-state index contributed by atoms with van der Waals surface area (Å²) in [6, 6.07) is 0.256. The molecule has 1 aromatic rings. The molecule has 1 atom stereocenters. The molecule has 0 bridgehead atoms. The number of hydrogen-bond donors (Lipinski definition) is 1. The van der Waals surface area contributed by atoms with Crippen LogP contribution in [0.1, 0.15) is 40.8 Å². The highest BCUT2D eigenvalue weighted by atomic mass is 32.2. The second-order valence-electron chi connectivity index (χ2n) is 5.91. The van der Waals surface area contributed by atoms with Crippen molar-refractivity contribution in [2.24, 2.45) is 5.73 Å². The lowest BCUT2D eigenvalue weighted by Gasteiger charge is -2.34. The van der Waals surface area contributed by atoms with Crippen molar-refractivity contribution in [1.82, 2.24) is 14.8 Å². The smallest absolute Gasteiger partial charge is 0.273 e. The van der Waals surface area contributed by atoms with E-state index in [0.717, 1.165) is 43.1 Å². The molecule has 0 spiro atoms. The van der Waals surface area contributed by atoms with Crippen LogP contribution in [0, 0.1) is 0 Å². The summed E-state index contributed by atoms with van der Waals surface area (Å²) < 4.78 is 0. The standard InChI is InChI=1S/C15H26N4OS2/c1-18-7-4-11(5-8-18)19(2)15(20)13-10-22-14(17-13)12(16)6-9-21-3/h10-12H,4-9,16H2,1-3H3. The number of nitrogens with zero attached hydrogens (tertiary/aromatic N) is 3. The molecule has 124 valence electrons. The summed E-state index contributed by atoms with van der Waals surface area (Å²) in [5.41, 5.74) is 6.68. The molecule has 2 N–H and O–H groups in total. The summed E-state index contributed by atoms with van der Waals surface area (Å²) in [5, 5.41) is 2.72. The van der Waals surface area contributed by atoms with Crippen molar-refractivity contribution in [1.29, 1.82) is 0 Å². The fourth-order valence-corrected chi connectivity index (χ4v) is 3.97. The maximum absolute atomic E-state index is 12.6. The van der Waals surface area contributed by atoms with Crippen molar-refractivity contribution < 1.29 is 4.79 Å². The normalized spacial score (nSPS) is 18.4. The van der Waals surface area contributed by atoms with Gasteiger partial charge in [-0.25, -0.2) is 4.98 Å². The Bertz CT molecular complexity index is 486. The molecule has 0 saturated carbocycles. The average Bonchev–Trinajstić information content (AvgIpc) is 3.02. The number of carbonyl (C=O) groups is 1. The minimum Gasteiger partial charge on any atom is -0.337 e. The Morgan fingerprint density at radius 3 is 2.91 bits per heavy atom. The van der Waals surface area contributed by atoms with Crippen molar-refractivity contribution >= 4 is 29.0 Å². The first kappa shape index (κ1) is 17.7. The summed E-state index contributed by atoms with van der Waals surface area (Å²) in [6.45, 7) is 2.09. The van der Waals surface area contributed by atoms with E-state index < -0.39 is 0 Å². The number of thioether (sulfide) groups is 1. The Labute approximate surface area is 141 Å². The van der Waals surface area contributed by atoms with Crippen molar-refractivity contribution in [2.45, 2.75) is 31.3 Å². The van der Waals surface area contributed by atoms with Crippen LogP contribution in [-0.4, -0.2) is 65.9 Å². The molecule has 1 unspecified atom stereocenters. The highest BCUT2D eigenvalue weighted by Gasteiger charge is 2.26. The number of nitrogens with two attached hydrogens (primary N) is 1. The molecule has 2 heterocycles. The van der Waals surface area contributed by atoms with Gasteiger partial charge in [-0.2, -0.15) is 11.8 Å². The Balaban J connectivity index is 1.96. The summed E-state index contributed by atoms with van der Waals surface area (Å²) in [5.74, 6) is 1.04. The topological polar surface area (TPSA) is 62.5 Å². The van der Waals surface area contributed by atoms with Crippen LogP contribution < -0.4 is 5.73 Å². The van der Waals surface area contributed by atoms with Crippen LogP contribution in [0.5, 0.6) is 0 Å². The van der Waals surface area contributed by atoms with Crippen molar-refractivity contribution in [3.05, 3.63) is 16.1 Å². The monoisotopic (exact) mass is 342 g/mol. The van der Waals surface area contributed by atoms with Gasteiger partial charge in [-0.1, -0.05) is 0 Å². The van der Waals surface area contributed by atoms with Crippen LogP contribution in [0.2, 0.25) is 0 Å². The SMILES string of the molecule is CSCCC(N)c1nc(C(=O)N(C)C2CCN(C)CC2)cs1. The Hall–Kier alpha value is -0.630. The number of carbonyl (C=O) groups excluding carboxylic acids is 1. The summed E-state index contributed by atoms with van der Waals surface area (Å²) in [7, 11) is 4.02. The third-order valence-corrected chi connectivity index (χ3v) is 5.87. The molecule has 7 heteroatoms. The van der Waals surface area contributed by atoms with Crippen molar-refractivity contribution in [2.75, 3.05) is 39.2 Å². The van der Waals surface area contributed by atoms with E-state index in [4.69, 9.17) is 5.73 Å². The molecule has 1 amide bonds. The number of thiazole rings is 1. The maximum atomic E-state index is 12.6. The summed E-state index contributed by atoms with van der Waals surface area (Å²) in [6.07, 6.45) is 5.03.